The van der Waals surface area contributed by atoms with Crippen LogP contribution in [0.15, 0.2) is 12.2 Å². The fourth-order valence-corrected chi connectivity index (χ4v) is 1.44. The number of rotatable bonds is 3. The summed E-state index contributed by atoms with van der Waals surface area (Å²) >= 11 is 0. The molecule has 1 unspecified atom stereocenters. The van der Waals surface area contributed by atoms with E-state index in [1.54, 1.807) is 0 Å². The lowest BCUT2D eigenvalue weighted by molar-refractivity contribution is 0.481. The number of hydrogen-bond acceptors (Lipinski definition) is 1. The van der Waals surface area contributed by atoms with Crippen LogP contribution in [0.5, 0.6) is 0 Å². The molecule has 0 bridgehead atoms. The summed E-state index contributed by atoms with van der Waals surface area (Å²) < 4.78 is 0. The average molecular weight is 163 g/mol. The van der Waals surface area contributed by atoms with Crippen LogP contribution in [0.2, 0.25) is 0 Å². The topological polar surface area (TPSA) is 12.0 Å². The minimum atomic E-state index is 0.702. The van der Waals surface area contributed by atoms with Crippen LogP contribution >= 0.6 is 0 Å². The van der Waals surface area contributed by atoms with E-state index in [1.165, 1.54) is 19.3 Å². The Labute approximate surface area is 75.2 Å². The molecule has 1 rings (SSSR count). The lowest BCUT2D eigenvalue weighted by Gasteiger charge is -2.18. The molecule has 12 heavy (non-hydrogen) atoms. The number of nitrogens with one attached hydrogen (secondary N) is 1. The lowest BCUT2D eigenvalue weighted by Crippen LogP contribution is -2.30. The van der Waals surface area contributed by atoms with Gasteiger partial charge in [0.05, 0.1) is 0 Å². The van der Waals surface area contributed by atoms with Crippen LogP contribution < -0.4 is 5.32 Å². The molecule has 0 radical (unpaired) electrons. The van der Waals surface area contributed by atoms with Crippen LogP contribution in [0.4, 0.5) is 0 Å². The van der Waals surface area contributed by atoms with Gasteiger partial charge in [0.15, 0.2) is 0 Å². The van der Waals surface area contributed by atoms with E-state index in [0.717, 1.165) is 13.0 Å². The Hall–Kier alpha value is -0.740. The van der Waals surface area contributed by atoms with E-state index < -0.39 is 0 Å². The summed E-state index contributed by atoms with van der Waals surface area (Å²) in [5.74, 6) is 5.96. The van der Waals surface area contributed by atoms with Crippen molar-refractivity contribution in [2.45, 2.75) is 38.6 Å². The van der Waals surface area contributed by atoms with Crippen LogP contribution in [0.3, 0.4) is 0 Å². The van der Waals surface area contributed by atoms with Crippen LogP contribution in [0.25, 0.3) is 0 Å². The zero-order chi connectivity index (χ0) is 8.65. The van der Waals surface area contributed by atoms with Crippen molar-refractivity contribution in [3.05, 3.63) is 12.2 Å². The third-order valence-corrected chi connectivity index (χ3v) is 2.13. The van der Waals surface area contributed by atoms with Crippen LogP contribution in [0.1, 0.15) is 32.6 Å². The summed E-state index contributed by atoms with van der Waals surface area (Å²) in [7, 11) is 0. The van der Waals surface area contributed by atoms with Gasteiger partial charge in [-0.25, -0.2) is 0 Å². The second kappa shape index (κ2) is 5.85. The normalized spacial score (nSPS) is 21.6. The van der Waals surface area contributed by atoms with Gasteiger partial charge < -0.3 is 5.32 Å². The molecule has 0 aromatic carbocycles. The van der Waals surface area contributed by atoms with Gasteiger partial charge in [0.25, 0.3) is 0 Å². The van der Waals surface area contributed by atoms with Gasteiger partial charge in [0.1, 0.15) is 0 Å². The Kier molecular flexibility index (Phi) is 4.56. The minimum Gasteiger partial charge on any atom is -0.313 e. The van der Waals surface area contributed by atoms with E-state index >= 15 is 0 Å². The molecular weight excluding hydrogens is 146 g/mol. The Morgan fingerprint density at radius 3 is 3.08 bits per heavy atom. The Bertz CT molecular complexity index is 195. The molecule has 1 aliphatic rings. The predicted molar refractivity (Wildman–Crippen MR) is 52.8 cm³/mol. The van der Waals surface area contributed by atoms with Gasteiger partial charge in [0.2, 0.25) is 0 Å². The maximum Gasteiger partial charge on any atom is 0.0214 e. The van der Waals surface area contributed by atoms with Crippen molar-refractivity contribution >= 4 is 0 Å². The van der Waals surface area contributed by atoms with Crippen molar-refractivity contribution < 1.29 is 0 Å². The zero-order valence-electron chi connectivity index (χ0n) is 7.77. The quantitative estimate of drug-likeness (QED) is 0.381. The maximum atomic E-state index is 3.50. The molecule has 0 aromatic heterocycles. The first-order chi connectivity index (χ1) is 5.93. The molecule has 1 heteroatoms. The molecule has 0 aromatic rings. The highest BCUT2D eigenvalue weighted by molar-refractivity contribution is 4.96. The lowest BCUT2D eigenvalue weighted by atomic mass is 10.0. The molecule has 0 aliphatic heterocycles. The molecule has 1 nitrogen and oxygen atoms in total. The monoisotopic (exact) mass is 163 g/mol. The Balaban J connectivity index is 2.05. The van der Waals surface area contributed by atoms with Gasteiger partial charge in [-0.05, 0) is 26.2 Å². The molecular formula is C11H17N. The van der Waals surface area contributed by atoms with E-state index in [1.807, 2.05) is 6.92 Å². The van der Waals surface area contributed by atoms with Gasteiger partial charge in [-0.15, -0.1) is 11.8 Å². The molecule has 1 N–H and O–H groups in total. The average Bonchev–Trinajstić information content (AvgIpc) is 2.14. The van der Waals surface area contributed by atoms with Crippen molar-refractivity contribution in [1.82, 2.24) is 5.32 Å². The van der Waals surface area contributed by atoms with Gasteiger partial charge in [-0.1, -0.05) is 12.2 Å². The minimum absolute atomic E-state index is 0.702. The largest absolute Gasteiger partial charge is 0.313 e. The Morgan fingerprint density at radius 1 is 1.50 bits per heavy atom. The summed E-state index contributed by atoms with van der Waals surface area (Å²) in [6.45, 7) is 2.93. The fraction of sp³-hybridized carbons (Fsp3) is 0.636. The number of hydrogen-bond donors (Lipinski definition) is 1. The molecule has 0 saturated heterocycles. The van der Waals surface area contributed by atoms with Gasteiger partial charge >= 0.3 is 0 Å². The van der Waals surface area contributed by atoms with Crippen molar-refractivity contribution in [3.63, 3.8) is 0 Å². The molecule has 0 heterocycles. The molecule has 0 spiro atoms. The molecule has 0 saturated carbocycles. The van der Waals surface area contributed by atoms with Crippen LogP contribution in [-0.4, -0.2) is 12.6 Å². The highest BCUT2D eigenvalue weighted by atomic mass is 14.9. The molecule has 1 atom stereocenters. The van der Waals surface area contributed by atoms with Gasteiger partial charge in [0, 0.05) is 19.0 Å². The van der Waals surface area contributed by atoms with E-state index in [-0.39, 0.29) is 0 Å². The van der Waals surface area contributed by atoms with Crippen molar-refractivity contribution in [1.29, 1.82) is 0 Å². The second-order valence-corrected chi connectivity index (χ2v) is 3.11. The second-order valence-electron chi connectivity index (χ2n) is 3.11. The maximum absolute atomic E-state index is 3.50. The van der Waals surface area contributed by atoms with E-state index in [2.05, 4.69) is 29.3 Å². The van der Waals surface area contributed by atoms with Crippen molar-refractivity contribution in [2.75, 3.05) is 6.54 Å². The third-order valence-electron chi connectivity index (χ3n) is 2.13. The number of allylic oxidation sites excluding steroid dienone is 1. The predicted octanol–water partition coefficient (Wildman–Crippen LogP) is 2.10. The van der Waals surface area contributed by atoms with Crippen molar-refractivity contribution in [3.8, 4) is 11.8 Å². The van der Waals surface area contributed by atoms with Crippen LogP contribution in [0, 0.1) is 11.8 Å². The zero-order valence-corrected chi connectivity index (χ0v) is 7.77. The summed E-state index contributed by atoms with van der Waals surface area (Å²) in [6.07, 6.45) is 9.24. The highest BCUT2D eigenvalue weighted by Crippen LogP contribution is 2.09. The highest BCUT2D eigenvalue weighted by Gasteiger charge is 2.06. The van der Waals surface area contributed by atoms with E-state index in [4.69, 9.17) is 0 Å². The molecule has 1 aliphatic carbocycles. The summed E-state index contributed by atoms with van der Waals surface area (Å²) in [6, 6.07) is 0.702. The summed E-state index contributed by atoms with van der Waals surface area (Å²) in [5.41, 5.74) is 0. The van der Waals surface area contributed by atoms with Gasteiger partial charge in [-0.3, -0.25) is 0 Å². The molecule has 0 amide bonds. The van der Waals surface area contributed by atoms with E-state index in [0.29, 0.717) is 6.04 Å². The van der Waals surface area contributed by atoms with Crippen molar-refractivity contribution in [2.24, 2.45) is 0 Å². The van der Waals surface area contributed by atoms with E-state index in [9.17, 15) is 0 Å². The standard InChI is InChI=1S/C11H17N/c1-2-3-7-10-12-11-8-5-4-6-9-11/h4-5,11-12H,6-10H2,1H3. The van der Waals surface area contributed by atoms with Gasteiger partial charge in [-0.2, -0.15) is 0 Å². The fourth-order valence-electron chi connectivity index (χ4n) is 1.44. The summed E-state index contributed by atoms with van der Waals surface area (Å²) in [4.78, 5) is 0. The first-order valence-corrected chi connectivity index (χ1v) is 4.71. The molecule has 0 fully saturated rings. The smallest absolute Gasteiger partial charge is 0.0214 e. The summed E-state index contributed by atoms with van der Waals surface area (Å²) in [5, 5.41) is 3.50. The third kappa shape index (κ3) is 3.59. The first-order valence-electron chi connectivity index (χ1n) is 4.71. The SMILES string of the molecule is CC#CCCNC1CC=CCC1. The Morgan fingerprint density at radius 2 is 2.42 bits per heavy atom. The van der Waals surface area contributed by atoms with Crippen LogP contribution in [-0.2, 0) is 0 Å². The first kappa shape index (κ1) is 9.35. The molecule has 66 valence electrons.